The summed E-state index contributed by atoms with van der Waals surface area (Å²) < 4.78 is 1.93. The second-order valence-electron chi connectivity index (χ2n) is 7.84. The second-order valence-corrected chi connectivity index (χ2v) is 7.84. The van der Waals surface area contributed by atoms with Gasteiger partial charge < -0.3 is 15.1 Å². The van der Waals surface area contributed by atoms with Crippen molar-refractivity contribution in [2.75, 3.05) is 58.9 Å². The van der Waals surface area contributed by atoms with Crippen LogP contribution in [-0.4, -0.2) is 95.2 Å². The summed E-state index contributed by atoms with van der Waals surface area (Å²) in [6.07, 6.45) is 6.54. The lowest BCUT2D eigenvalue weighted by atomic mass is 10.1. The number of nitrogens with zero attached hydrogens (tertiary/aromatic N) is 5. The van der Waals surface area contributed by atoms with Gasteiger partial charge in [-0.25, -0.2) is 0 Å². The van der Waals surface area contributed by atoms with E-state index >= 15 is 0 Å². The fourth-order valence-corrected chi connectivity index (χ4v) is 4.27. The number of hydrogen-bond acceptors (Lipinski definition) is 5. The lowest BCUT2D eigenvalue weighted by molar-refractivity contribution is -0.133. The molecule has 0 radical (unpaired) electrons. The van der Waals surface area contributed by atoms with E-state index in [1.165, 1.54) is 12.8 Å². The zero-order chi connectivity index (χ0) is 18.6. The van der Waals surface area contributed by atoms with Gasteiger partial charge >= 0.3 is 0 Å². The lowest BCUT2D eigenvalue weighted by Crippen LogP contribution is -2.52. The summed E-state index contributed by atoms with van der Waals surface area (Å²) in [5.74, 6) is 0.169. The van der Waals surface area contributed by atoms with Gasteiger partial charge in [-0.15, -0.1) is 12.4 Å². The minimum atomic E-state index is -0.0239. The van der Waals surface area contributed by atoms with Crippen molar-refractivity contribution in [3.8, 4) is 0 Å². The number of halogens is 1. The number of amides is 2. The number of rotatable bonds is 4. The van der Waals surface area contributed by atoms with Gasteiger partial charge in [0.05, 0.1) is 12.6 Å². The number of carbonyl (C=O) groups is 2. The molecular weight excluding hydrogens is 380 g/mol. The average molecular weight is 411 g/mol. The van der Waals surface area contributed by atoms with Gasteiger partial charge in [0.25, 0.3) is 5.91 Å². The first kappa shape index (κ1) is 21.1. The largest absolute Gasteiger partial charge is 0.338 e. The van der Waals surface area contributed by atoms with Gasteiger partial charge in [0.2, 0.25) is 5.91 Å². The average Bonchev–Trinajstić information content (AvgIpc) is 3.40. The molecule has 2 amide bonds. The van der Waals surface area contributed by atoms with E-state index in [0.717, 1.165) is 39.0 Å². The van der Waals surface area contributed by atoms with E-state index in [2.05, 4.69) is 15.3 Å². The summed E-state index contributed by atoms with van der Waals surface area (Å²) in [6, 6.07) is 2.15. The van der Waals surface area contributed by atoms with Crippen LogP contribution in [0.4, 0.5) is 0 Å². The molecule has 3 aliphatic rings. The van der Waals surface area contributed by atoms with Gasteiger partial charge in [-0.05, 0) is 51.4 Å². The topological polar surface area (TPSA) is 73.7 Å². The molecule has 0 bridgehead atoms. The lowest BCUT2D eigenvalue weighted by Gasteiger charge is -2.35. The van der Waals surface area contributed by atoms with Gasteiger partial charge in [0.1, 0.15) is 5.69 Å². The molecule has 4 rings (SSSR count). The van der Waals surface area contributed by atoms with Crippen LogP contribution in [0.5, 0.6) is 0 Å². The van der Waals surface area contributed by atoms with Crippen molar-refractivity contribution in [1.29, 1.82) is 0 Å². The first-order chi connectivity index (χ1) is 13.2. The maximum absolute atomic E-state index is 12.8. The van der Waals surface area contributed by atoms with E-state index in [9.17, 15) is 9.59 Å². The van der Waals surface area contributed by atoms with Crippen molar-refractivity contribution in [2.24, 2.45) is 0 Å². The van der Waals surface area contributed by atoms with E-state index < -0.39 is 0 Å². The quantitative estimate of drug-likeness (QED) is 0.787. The van der Waals surface area contributed by atoms with Crippen LogP contribution in [-0.2, 0) is 4.79 Å². The number of piperidine rings is 1. The zero-order valence-electron chi connectivity index (χ0n) is 16.4. The van der Waals surface area contributed by atoms with Crippen molar-refractivity contribution < 1.29 is 9.59 Å². The highest BCUT2D eigenvalue weighted by Crippen LogP contribution is 2.17. The van der Waals surface area contributed by atoms with Crippen LogP contribution in [0.3, 0.4) is 0 Å². The monoisotopic (exact) mass is 410 g/mol. The van der Waals surface area contributed by atoms with Crippen LogP contribution >= 0.6 is 12.4 Å². The van der Waals surface area contributed by atoms with Crippen LogP contribution in [0.25, 0.3) is 0 Å². The molecule has 1 aromatic rings. The fraction of sp³-hybridized carbons (Fsp3) is 0.737. The Hall–Kier alpha value is -1.64. The third kappa shape index (κ3) is 4.85. The Morgan fingerprint density at radius 1 is 1.04 bits per heavy atom. The van der Waals surface area contributed by atoms with Crippen LogP contribution in [0.2, 0.25) is 0 Å². The molecule has 4 heterocycles. The van der Waals surface area contributed by atoms with E-state index in [-0.39, 0.29) is 24.2 Å². The van der Waals surface area contributed by atoms with E-state index in [0.29, 0.717) is 44.5 Å². The normalized spacial score (nSPS) is 23.5. The summed E-state index contributed by atoms with van der Waals surface area (Å²) in [4.78, 5) is 31.2. The number of piperazine rings is 1. The highest BCUT2D eigenvalue weighted by Gasteiger charge is 2.27. The number of nitrogens with one attached hydrogen (secondary N) is 1. The highest BCUT2D eigenvalue weighted by molar-refractivity contribution is 5.92. The molecule has 1 unspecified atom stereocenters. The summed E-state index contributed by atoms with van der Waals surface area (Å²) in [7, 11) is 0. The Kier molecular flexibility index (Phi) is 7.31. The van der Waals surface area contributed by atoms with Crippen molar-refractivity contribution in [3.05, 3.63) is 18.0 Å². The van der Waals surface area contributed by atoms with Gasteiger partial charge in [0.15, 0.2) is 0 Å². The fourth-order valence-electron chi connectivity index (χ4n) is 4.27. The smallest absolute Gasteiger partial charge is 0.274 e. The van der Waals surface area contributed by atoms with Crippen LogP contribution in [0, 0.1) is 0 Å². The van der Waals surface area contributed by atoms with Gasteiger partial charge in [-0.1, -0.05) is 0 Å². The van der Waals surface area contributed by atoms with Gasteiger partial charge in [0, 0.05) is 38.9 Å². The molecule has 1 N–H and O–H groups in total. The predicted octanol–water partition coefficient (Wildman–Crippen LogP) is 0.610. The Bertz CT molecular complexity index is 661. The zero-order valence-corrected chi connectivity index (χ0v) is 17.2. The standard InChI is InChI=1S/C19H30N6O2.ClH/c26-18(15-22-7-1-2-8-22)23-10-12-24(13-11-23)19(27)17-5-9-25(21-17)16-4-3-6-20-14-16;/h5,9,16,20H,1-4,6-8,10-15H2;1H. The molecule has 9 heteroatoms. The molecule has 1 atom stereocenters. The molecular formula is C19H31ClN6O2. The maximum Gasteiger partial charge on any atom is 0.274 e. The highest BCUT2D eigenvalue weighted by atomic mass is 35.5. The van der Waals surface area contributed by atoms with Crippen LogP contribution < -0.4 is 5.32 Å². The summed E-state index contributed by atoms with van der Waals surface area (Å²) in [5.41, 5.74) is 0.511. The molecule has 8 nitrogen and oxygen atoms in total. The van der Waals surface area contributed by atoms with Crippen molar-refractivity contribution in [3.63, 3.8) is 0 Å². The van der Waals surface area contributed by atoms with E-state index in [1.54, 1.807) is 0 Å². The Labute approximate surface area is 172 Å². The molecule has 1 aromatic heterocycles. The van der Waals surface area contributed by atoms with Crippen molar-refractivity contribution in [1.82, 2.24) is 29.8 Å². The molecule has 0 spiro atoms. The number of aromatic nitrogens is 2. The molecule has 3 saturated heterocycles. The SMILES string of the molecule is Cl.O=C(CN1CCCC1)N1CCN(C(=O)c2ccn(C3CCCNC3)n2)CC1. The molecule has 156 valence electrons. The molecule has 0 aromatic carbocycles. The molecule has 28 heavy (non-hydrogen) atoms. The second kappa shape index (κ2) is 9.71. The summed E-state index contributed by atoms with van der Waals surface area (Å²) >= 11 is 0. The first-order valence-electron chi connectivity index (χ1n) is 10.3. The Balaban J connectivity index is 0.00000225. The van der Waals surface area contributed by atoms with Gasteiger partial charge in [-0.2, -0.15) is 5.10 Å². The maximum atomic E-state index is 12.8. The molecule has 0 aliphatic carbocycles. The summed E-state index contributed by atoms with van der Waals surface area (Å²) in [6.45, 7) is 6.96. The van der Waals surface area contributed by atoms with Crippen LogP contribution in [0.15, 0.2) is 12.3 Å². The predicted molar refractivity (Wildman–Crippen MR) is 109 cm³/mol. The van der Waals surface area contributed by atoms with Crippen molar-refractivity contribution >= 4 is 24.2 Å². The van der Waals surface area contributed by atoms with E-state index in [4.69, 9.17) is 0 Å². The Morgan fingerprint density at radius 3 is 2.43 bits per heavy atom. The third-order valence-corrected chi connectivity index (χ3v) is 5.95. The third-order valence-electron chi connectivity index (χ3n) is 5.95. The number of hydrogen-bond donors (Lipinski definition) is 1. The van der Waals surface area contributed by atoms with Crippen molar-refractivity contribution in [2.45, 2.75) is 31.7 Å². The Morgan fingerprint density at radius 2 is 1.75 bits per heavy atom. The van der Waals surface area contributed by atoms with E-state index in [1.807, 2.05) is 26.7 Å². The molecule has 3 fully saturated rings. The van der Waals surface area contributed by atoms with Crippen LogP contribution in [0.1, 0.15) is 42.2 Å². The molecule has 3 aliphatic heterocycles. The molecule has 0 saturated carbocycles. The number of carbonyl (C=O) groups excluding carboxylic acids is 2. The summed E-state index contributed by atoms with van der Waals surface area (Å²) in [5, 5.41) is 7.91. The number of likely N-dealkylation sites (tertiary alicyclic amines) is 1. The minimum Gasteiger partial charge on any atom is -0.338 e. The first-order valence-corrected chi connectivity index (χ1v) is 10.3. The minimum absolute atomic E-state index is 0. The van der Waals surface area contributed by atoms with Gasteiger partial charge in [-0.3, -0.25) is 19.2 Å².